The van der Waals surface area contributed by atoms with Crippen LogP contribution in [0.15, 0.2) is 36.4 Å². The van der Waals surface area contributed by atoms with Crippen LogP contribution in [0.25, 0.3) is 0 Å². The van der Waals surface area contributed by atoms with Crippen molar-refractivity contribution in [3.05, 3.63) is 58.7 Å². The molecule has 130 valence electrons. The number of rotatable bonds is 4. The van der Waals surface area contributed by atoms with Crippen LogP contribution >= 0.6 is 0 Å². The van der Waals surface area contributed by atoms with Gasteiger partial charge in [-0.1, -0.05) is 29.8 Å². The van der Waals surface area contributed by atoms with Gasteiger partial charge in [0, 0.05) is 24.3 Å². The molecule has 2 amide bonds. The van der Waals surface area contributed by atoms with Gasteiger partial charge in [-0.3, -0.25) is 9.59 Å². The molecule has 1 N–H and O–H groups in total. The van der Waals surface area contributed by atoms with Crippen LogP contribution in [-0.4, -0.2) is 18.4 Å². The Balaban J connectivity index is 1.74. The maximum atomic E-state index is 12.4. The summed E-state index contributed by atoms with van der Waals surface area (Å²) < 4.78 is 0. The fraction of sp³-hybridized carbons (Fsp3) is 0.333. The van der Waals surface area contributed by atoms with Gasteiger partial charge in [0.1, 0.15) is 0 Å². The lowest BCUT2D eigenvalue weighted by Gasteiger charge is -2.19. The van der Waals surface area contributed by atoms with E-state index in [0.717, 1.165) is 41.0 Å². The number of nitrogens with one attached hydrogen (secondary N) is 1. The molecule has 2 aromatic carbocycles. The van der Waals surface area contributed by atoms with Gasteiger partial charge in [0.15, 0.2) is 0 Å². The van der Waals surface area contributed by atoms with Crippen molar-refractivity contribution < 1.29 is 9.59 Å². The van der Waals surface area contributed by atoms with Gasteiger partial charge in [0.25, 0.3) is 0 Å². The number of anilines is 2. The van der Waals surface area contributed by atoms with Crippen molar-refractivity contribution >= 4 is 23.2 Å². The molecule has 0 aromatic heterocycles. The number of nitrogens with zero attached hydrogens (tertiary/aromatic N) is 1. The van der Waals surface area contributed by atoms with E-state index in [4.69, 9.17) is 0 Å². The molecule has 0 atom stereocenters. The average Bonchev–Trinajstić information content (AvgIpc) is 2.98. The summed E-state index contributed by atoms with van der Waals surface area (Å²) in [5.74, 6) is 0.108. The summed E-state index contributed by atoms with van der Waals surface area (Å²) in [4.78, 5) is 26.2. The lowest BCUT2D eigenvalue weighted by Crippen LogP contribution is -2.24. The quantitative estimate of drug-likeness (QED) is 0.920. The van der Waals surface area contributed by atoms with Crippen LogP contribution in [0.3, 0.4) is 0 Å². The second-order valence-corrected chi connectivity index (χ2v) is 6.81. The Bertz CT molecular complexity index is 827. The molecule has 3 rings (SSSR count). The van der Waals surface area contributed by atoms with Crippen molar-refractivity contribution in [2.24, 2.45) is 0 Å². The van der Waals surface area contributed by atoms with Gasteiger partial charge >= 0.3 is 0 Å². The lowest BCUT2D eigenvalue weighted by molar-refractivity contribution is -0.117. The highest BCUT2D eigenvalue weighted by Gasteiger charge is 2.23. The predicted molar refractivity (Wildman–Crippen MR) is 101 cm³/mol. The average molecular weight is 336 g/mol. The summed E-state index contributed by atoms with van der Waals surface area (Å²) in [7, 11) is 0. The molecule has 0 spiro atoms. The number of carbonyl (C=O) groups is 2. The van der Waals surface area contributed by atoms with E-state index in [1.807, 2.05) is 56.0 Å². The minimum absolute atomic E-state index is 0.0468. The minimum atomic E-state index is -0.0468. The summed E-state index contributed by atoms with van der Waals surface area (Å²) in [6, 6.07) is 11.9. The van der Waals surface area contributed by atoms with E-state index in [1.54, 1.807) is 0 Å². The molecule has 0 saturated carbocycles. The smallest absolute Gasteiger partial charge is 0.228 e. The summed E-state index contributed by atoms with van der Waals surface area (Å²) in [6.45, 7) is 6.81. The highest BCUT2D eigenvalue weighted by Crippen LogP contribution is 2.28. The Morgan fingerprint density at radius 2 is 1.88 bits per heavy atom. The second-order valence-electron chi connectivity index (χ2n) is 6.81. The van der Waals surface area contributed by atoms with Gasteiger partial charge in [-0.2, -0.15) is 0 Å². The maximum Gasteiger partial charge on any atom is 0.228 e. The van der Waals surface area contributed by atoms with Gasteiger partial charge in [-0.25, -0.2) is 0 Å². The number of hydrogen-bond donors (Lipinski definition) is 1. The molecule has 1 heterocycles. The molecule has 2 aromatic rings. The van der Waals surface area contributed by atoms with Gasteiger partial charge in [0.05, 0.1) is 6.42 Å². The highest BCUT2D eigenvalue weighted by atomic mass is 16.2. The molecule has 0 radical (unpaired) electrons. The summed E-state index contributed by atoms with van der Waals surface area (Å²) >= 11 is 0. The number of aryl methyl sites for hydroxylation is 3. The van der Waals surface area contributed by atoms with Crippen LogP contribution in [0.1, 0.15) is 35.1 Å². The molecule has 1 aliphatic heterocycles. The Kier molecular flexibility index (Phi) is 4.88. The summed E-state index contributed by atoms with van der Waals surface area (Å²) in [5.41, 5.74) is 6.03. The van der Waals surface area contributed by atoms with Crippen molar-refractivity contribution in [1.82, 2.24) is 0 Å². The predicted octanol–water partition coefficient (Wildman–Crippen LogP) is 3.92. The molecule has 1 aliphatic rings. The topological polar surface area (TPSA) is 49.4 Å². The Morgan fingerprint density at radius 3 is 2.56 bits per heavy atom. The Labute approximate surface area is 148 Å². The van der Waals surface area contributed by atoms with E-state index in [2.05, 4.69) is 11.4 Å². The zero-order valence-corrected chi connectivity index (χ0v) is 15.1. The fourth-order valence-corrected chi connectivity index (χ4v) is 3.30. The van der Waals surface area contributed by atoms with Crippen molar-refractivity contribution in [1.29, 1.82) is 0 Å². The van der Waals surface area contributed by atoms with Gasteiger partial charge in [0.2, 0.25) is 11.8 Å². The molecular weight excluding hydrogens is 312 g/mol. The second kappa shape index (κ2) is 7.09. The Hall–Kier alpha value is -2.62. The molecule has 4 nitrogen and oxygen atoms in total. The Morgan fingerprint density at radius 1 is 1.08 bits per heavy atom. The summed E-state index contributed by atoms with van der Waals surface area (Å²) in [6.07, 6.45) is 1.84. The van der Waals surface area contributed by atoms with Crippen LogP contribution in [-0.2, 0) is 16.0 Å². The first kappa shape index (κ1) is 17.2. The van der Waals surface area contributed by atoms with Crippen molar-refractivity contribution in [2.45, 2.75) is 40.0 Å². The van der Waals surface area contributed by atoms with E-state index in [9.17, 15) is 9.59 Å². The van der Waals surface area contributed by atoms with Crippen LogP contribution in [0.2, 0.25) is 0 Å². The molecule has 0 aliphatic carbocycles. The lowest BCUT2D eigenvalue weighted by atomic mass is 10.0. The maximum absolute atomic E-state index is 12.4. The van der Waals surface area contributed by atoms with E-state index in [-0.39, 0.29) is 11.8 Å². The molecule has 4 heteroatoms. The zero-order valence-electron chi connectivity index (χ0n) is 15.1. The van der Waals surface area contributed by atoms with Crippen molar-refractivity contribution in [2.75, 3.05) is 16.8 Å². The number of benzene rings is 2. The normalized spacial score (nSPS) is 14.0. The first-order valence-electron chi connectivity index (χ1n) is 8.71. The van der Waals surface area contributed by atoms with Crippen LogP contribution < -0.4 is 10.2 Å². The fourth-order valence-electron chi connectivity index (χ4n) is 3.30. The molecular formula is C21H24N2O2. The first-order chi connectivity index (χ1) is 11.9. The number of carbonyl (C=O) groups excluding carboxylic acids is 2. The van der Waals surface area contributed by atoms with Crippen LogP contribution in [0.4, 0.5) is 11.4 Å². The zero-order chi connectivity index (χ0) is 18.0. The molecule has 0 bridgehead atoms. The monoisotopic (exact) mass is 336 g/mol. The minimum Gasteiger partial charge on any atom is -0.326 e. The third-order valence-corrected chi connectivity index (χ3v) is 4.71. The van der Waals surface area contributed by atoms with Crippen molar-refractivity contribution in [3.63, 3.8) is 0 Å². The number of hydrogen-bond acceptors (Lipinski definition) is 2. The SMILES string of the molecule is Cc1ccc(CC(=O)Nc2ccc(C)c(N3CCCC3=O)c2)c(C)c1. The van der Waals surface area contributed by atoms with E-state index in [0.29, 0.717) is 12.8 Å². The van der Waals surface area contributed by atoms with E-state index < -0.39 is 0 Å². The molecule has 1 fully saturated rings. The summed E-state index contributed by atoms with van der Waals surface area (Å²) in [5, 5.41) is 2.96. The van der Waals surface area contributed by atoms with Gasteiger partial charge in [-0.05, 0) is 56.0 Å². The van der Waals surface area contributed by atoms with Crippen LogP contribution in [0, 0.1) is 20.8 Å². The molecule has 0 unspecified atom stereocenters. The van der Waals surface area contributed by atoms with Crippen molar-refractivity contribution in [3.8, 4) is 0 Å². The van der Waals surface area contributed by atoms with E-state index >= 15 is 0 Å². The largest absolute Gasteiger partial charge is 0.326 e. The van der Waals surface area contributed by atoms with E-state index in [1.165, 1.54) is 5.56 Å². The highest BCUT2D eigenvalue weighted by molar-refractivity contribution is 5.98. The standard InChI is InChI=1S/C21H24N2O2/c1-14-6-8-17(16(3)11-14)12-20(24)22-18-9-7-15(2)19(13-18)23-10-4-5-21(23)25/h6-9,11,13H,4-5,10,12H2,1-3H3,(H,22,24). The third kappa shape index (κ3) is 3.90. The molecule has 1 saturated heterocycles. The van der Waals surface area contributed by atoms with Gasteiger partial charge < -0.3 is 10.2 Å². The van der Waals surface area contributed by atoms with Crippen LogP contribution in [0.5, 0.6) is 0 Å². The van der Waals surface area contributed by atoms with Gasteiger partial charge in [-0.15, -0.1) is 0 Å². The number of amides is 2. The third-order valence-electron chi connectivity index (χ3n) is 4.71. The first-order valence-corrected chi connectivity index (χ1v) is 8.71. The molecule has 25 heavy (non-hydrogen) atoms.